The predicted octanol–water partition coefficient (Wildman–Crippen LogP) is 1.19. The standard InChI is InChI=1S/C14H19NO6S/c1-10(14(16)17)9-15(2)22(18,19)11-4-5-12-13(8-11)21-7-3-6-20-12/h4-5,8,10H,3,6-7,9H2,1-2H3,(H,16,17). The van der Waals surface area contributed by atoms with E-state index in [2.05, 4.69) is 0 Å². The summed E-state index contributed by atoms with van der Waals surface area (Å²) >= 11 is 0. The molecule has 1 heterocycles. The number of ether oxygens (including phenoxy) is 2. The number of nitrogens with zero attached hydrogens (tertiary/aromatic N) is 1. The molecule has 0 amide bonds. The SMILES string of the molecule is CC(CN(C)S(=O)(=O)c1ccc2c(c1)OCCCO2)C(=O)O. The van der Waals surface area contributed by atoms with Gasteiger partial charge < -0.3 is 14.6 Å². The summed E-state index contributed by atoms with van der Waals surface area (Å²) in [5.74, 6) is -0.933. The average Bonchev–Trinajstić information content (AvgIpc) is 2.71. The number of sulfonamides is 1. The van der Waals surface area contributed by atoms with Crippen LogP contribution >= 0.6 is 0 Å². The van der Waals surface area contributed by atoms with Crippen molar-refractivity contribution in [1.82, 2.24) is 4.31 Å². The largest absolute Gasteiger partial charge is 0.490 e. The molecule has 0 spiro atoms. The van der Waals surface area contributed by atoms with Crippen LogP contribution in [0.1, 0.15) is 13.3 Å². The Morgan fingerprint density at radius 2 is 1.95 bits per heavy atom. The van der Waals surface area contributed by atoms with Gasteiger partial charge in [-0.3, -0.25) is 4.79 Å². The van der Waals surface area contributed by atoms with Crippen molar-refractivity contribution in [2.75, 3.05) is 26.8 Å². The molecule has 1 atom stereocenters. The molecule has 122 valence electrons. The predicted molar refractivity (Wildman–Crippen MR) is 78.7 cm³/mol. The molecule has 0 radical (unpaired) electrons. The van der Waals surface area contributed by atoms with Crippen molar-refractivity contribution in [2.45, 2.75) is 18.2 Å². The number of carboxylic acid groups (broad SMARTS) is 1. The Labute approximate surface area is 129 Å². The second-order valence-electron chi connectivity index (χ2n) is 5.18. The molecule has 0 fully saturated rings. The molecule has 0 aliphatic carbocycles. The van der Waals surface area contributed by atoms with Crippen molar-refractivity contribution in [2.24, 2.45) is 5.92 Å². The fraction of sp³-hybridized carbons (Fsp3) is 0.500. The van der Waals surface area contributed by atoms with Gasteiger partial charge in [0, 0.05) is 26.1 Å². The fourth-order valence-corrected chi connectivity index (χ4v) is 3.32. The number of fused-ring (bicyclic) bond motifs is 1. The van der Waals surface area contributed by atoms with Gasteiger partial charge in [-0.25, -0.2) is 12.7 Å². The zero-order valence-electron chi connectivity index (χ0n) is 12.5. The van der Waals surface area contributed by atoms with Crippen LogP contribution in [-0.4, -0.2) is 50.6 Å². The van der Waals surface area contributed by atoms with Gasteiger partial charge in [-0.15, -0.1) is 0 Å². The Morgan fingerprint density at radius 3 is 2.59 bits per heavy atom. The Bertz CT molecular complexity index is 657. The monoisotopic (exact) mass is 329 g/mol. The number of carboxylic acids is 1. The summed E-state index contributed by atoms with van der Waals surface area (Å²) in [6, 6.07) is 4.41. The quantitative estimate of drug-likeness (QED) is 0.872. The Balaban J connectivity index is 2.25. The number of benzene rings is 1. The minimum absolute atomic E-state index is 0.0526. The molecule has 8 heteroatoms. The highest BCUT2D eigenvalue weighted by Crippen LogP contribution is 2.32. The van der Waals surface area contributed by atoms with Gasteiger partial charge in [-0.1, -0.05) is 6.92 Å². The van der Waals surface area contributed by atoms with E-state index in [4.69, 9.17) is 14.6 Å². The van der Waals surface area contributed by atoms with Gasteiger partial charge in [0.15, 0.2) is 11.5 Å². The minimum atomic E-state index is -3.78. The molecule has 2 rings (SSSR count). The van der Waals surface area contributed by atoms with Crippen molar-refractivity contribution >= 4 is 16.0 Å². The molecule has 1 aliphatic rings. The van der Waals surface area contributed by atoms with Crippen LogP contribution in [0.4, 0.5) is 0 Å². The van der Waals surface area contributed by atoms with E-state index >= 15 is 0 Å². The first kappa shape index (κ1) is 16.6. The summed E-state index contributed by atoms with van der Waals surface area (Å²) in [5.41, 5.74) is 0. The van der Waals surface area contributed by atoms with E-state index in [-0.39, 0.29) is 11.4 Å². The molecule has 1 unspecified atom stereocenters. The Morgan fingerprint density at radius 1 is 1.32 bits per heavy atom. The lowest BCUT2D eigenvalue weighted by Gasteiger charge is -2.20. The first-order valence-electron chi connectivity index (χ1n) is 6.91. The molecule has 22 heavy (non-hydrogen) atoms. The van der Waals surface area contributed by atoms with Gasteiger partial charge >= 0.3 is 5.97 Å². The lowest BCUT2D eigenvalue weighted by Crippen LogP contribution is -2.33. The van der Waals surface area contributed by atoms with Crippen molar-refractivity contribution in [3.05, 3.63) is 18.2 Å². The van der Waals surface area contributed by atoms with Crippen molar-refractivity contribution in [1.29, 1.82) is 0 Å². The smallest absolute Gasteiger partial charge is 0.307 e. The van der Waals surface area contributed by atoms with Gasteiger partial charge in [0.05, 0.1) is 24.0 Å². The minimum Gasteiger partial charge on any atom is -0.490 e. The Kier molecular flexibility index (Phi) is 4.92. The summed E-state index contributed by atoms with van der Waals surface area (Å²) < 4.78 is 37.0. The molecule has 1 aliphatic heterocycles. The number of hydrogen-bond acceptors (Lipinski definition) is 5. The molecule has 1 aromatic rings. The van der Waals surface area contributed by atoms with E-state index < -0.39 is 21.9 Å². The van der Waals surface area contributed by atoms with E-state index in [1.54, 1.807) is 6.07 Å². The maximum absolute atomic E-state index is 12.5. The molecular weight excluding hydrogens is 310 g/mol. The van der Waals surface area contributed by atoms with Crippen molar-refractivity contribution in [3.63, 3.8) is 0 Å². The van der Waals surface area contributed by atoms with Gasteiger partial charge in [-0.2, -0.15) is 0 Å². The van der Waals surface area contributed by atoms with Crippen LogP contribution < -0.4 is 9.47 Å². The molecule has 1 aromatic carbocycles. The van der Waals surface area contributed by atoms with Crippen LogP contribution in [0.3, 0.4) is 0 Å². The van der Waals surface area contributed by atoms with Crippen LogP contribution in [0.15, 0.2) is 23.1 Å². The van der Waals surface area contributed by atoms with E-state index in [0.29, 0.717) is 24.7 Å². The summed E-state index contributed by atoms with van der Waals surface area (Å²) in [4.78, 5) is 10.9. The van der Waals surface area contributed by atoms with E-state index in [1.807, 2.05) is 0 Å². The molecular formula is C14H19NO6S. The third kappa shape index (κ3) is 3.50. The van der Waals surface area contributed by atoms with E-state index in [1.165, 1.54) is 26.1 Å². The normalized spacial score (nSPS) is 16.1. The van der Waals surface area contributed by atoms with E-state index in [9.17, 15) is 13.2 Å². The number of aliphatic carboxylic acids is 1. The molecule has 0 aromatic heterocycles. The number of carbonyl (C=O) groups is 1. The van der Waals surface area contributed by atoms with Crippen LogP contribution in [0.5, 0.6) is 11.5 Å². The summed E-state index contributed by atoms with van der Waals surface area (Å²) in [7, 11) is -2.42. The van der Waals surface area contributed by atoms with Gasteiger partial charge in [0.2, 0.25) is 10.0 Å². The van der Waals surface area contributed by atoms with Gasteiger partial charge in [0.1, 0.15) is 0 Å². The summed E-state index contributed by atoms with van der Waals surface area (Å²) in [6.45, 7) is 2.34. The van der Waals surface area contributed by atoms with Crippen LogP contribution in [0.2, 0.25) is 0 Å². The molecule has 0 bridgehead atoms. The fourth-order valence-electron chi connectivity index (χ4n) is 2.05. The Hall–Kier alpha value is -1.80. The van der Waals surface area contributed by atoms with Gasteiger partial charge in [-0.05, 0) is 12.1 Å². The lowest BCUT2D eigenvalue weighted by atomic mass is 10.2. The highest BCUT2D eigenvalue weighted by Gasteiger charge is 2.26. The molecule has 0 saturated carbocycles. The third-order valence-electron chi connectivity index (χ3n) is 3.38. The summed E-state index contributed by atoms with van der Waals surface area (Å²) in [5, 5.41) is 8.90. The maximum atomic E-state index is 12.5. The highest BCUT2D eigenvalue weighted by atomic mass is 32.2. The molecule has 1 N–H and O–H groups in total. The van der Waals surface area contributed by atoms with Crippen molar-refractivity contribution < 1.29 is 27.8 Å². The highest BCUT2D eigenvalue weighted by molar-refractivity contribution is 7.89. The zero-order chi connectivity index (χ0) is 16.3. The van der Waals surface area contributed by atoms with Crippen LogP contribution in [-0.2, 0) is 14.8 Å². The maximum Gasteiger partial charge on any atom is 0.307 e. The second-order valence-corrected chi connectivity index (χ2v) is 7.23. The molecule has 7 nitrogen and oxygen atoms in total. The molecule has 0 saturated heterocycles. The zero-order valence-corrected chi connectivity index (χ0v) is 13.3. The first-order valence-corrected chi connectivity index (χ1v) is 8.35. The lowest BCUT2D eigenvalue weighted by molar-refractivity contribution is -0.141. The second kappa shape index (κ2) is 6.53. The average molecular weight is 329 g/mol. The van der Waals surface area contributed by atoms with Gasteiger partial charge in [0.25, 0.3) is 0 Å². The van der Waals surface area contributed by atoms with Crippen molar-refractivity contribution in [3.8, 4) is 11.5 Å². The topological polar surface area (TPSA) is 93.1 Å². The van der Waals surface area contributed by atoms with Crippen LogP contribution in [0, 0.1) is 5.92 Å². The van der Waals surface area contributed by atoms with Crippen LogP contribution in [0.25, 0.3) is 0 Å². The summed E-state index contributed by atoms with van der Waals surface area (Å²) in [6.07, 6.45) is 0.729. The number of hydrogen-bond donors (Lipinski definition) is 1. The first-order chi connectivity index (χ1) is 10.3. The third-order valence-corrected chi connectivity index (χ3v) is 5.20. The number of rotatable bonds is 5. The van der Waals surface area contributed by atoms with E-state index in [0.717, 1.165) is 10.7 Å².